The van der Waals surface area contributed by atoms with Crippen LogP contribution in [-0.2, 0) is 6.54 Å². The van der Waals surface area contributed by atoms with Gasteiger partial charge >= 0.3 is 0 Å². The number of anilines is 1. The molecule has 6 heteroatoms. The lowest BCUT2D eigenvalue weighted by atomic mass is 10.1. The van der Waals surface area contributed by atoms with Crippen LogP contribution >= 0.6 is 0 Å². The number of hydrogen-bond acceptors (Lipinski definition) is 5. The van der Waals surface area contributed by atoms with Gasteiger partial charge in [0.1, 0.15) is 6.67 Å². The number of oxazole rings is 1. The lowest BCUT2D eigenvalue weighted by molar-refractivity contribution is 0.289. The number of hydrogen-bond donors (Lipinski definition) is 1. The second-order valence-electron chi connectivity index (χ2n) is 5.98. The van der Waals surface area contributed by atoms with Crippen molar-refractivity contribution in [3.05, 3.63) is 72.2 Å². The lowest BCUT2D eigenvalue weighted by Gasteiger charge is -2.14. The average molecular weight is 352 g/mol. The fraction of sp³-hybridized carbons (Fsp3) is 0.200. The van der Waals surface area contributed by atoms with Gasteiger partial charge in [0, 0.05) is 18.7 Å². The Labute approximate surface area is 152 Å². The van der Waals surface area contributed by atoms with E-state index in [2.05, 4.69) is 15.5 Å². The Morgan fingerprint density at radius 3 is 2.58 bits per heavy atom. The highest BCUT2D eigenvalue weighted by atomic mass is 19.1. The predicted molar refractivity (Wildman–Crippen MR) is 102 cm³/mol. The summed E-state index contributed by atoms with van der Waals surface area (Å²) >= 11 is 0. The molecular formula is C20H21FN4O. The summed E-state index contributed by atoms with van der Waals surface area (Å²) in [6, 6.07) is 15.8. The zero-order valence-corrected chi connectivity index (χ0v) is 14.6. The Bertz CT molecular complexity index is 814. The topological polar surface area (TPSA) is 53.7 Å². The van der Waals surface area contributed by atoms with Gasteiger partial charge in [-0.15, -0.1) is 0 Å². The van der Waals surface area contributed by atoms with Gasteiger partial charge in [0.2, 0.25) is 0 Å². The van der Waals surface area contributed by atoms with Crippen molar-refractivity contribution in [1.29, 1.82) is 0 Å². The molecule has 0 fully saturated rings. The maximum Gasteiger partial charge on any atom is 0.181 e. The Balaban J connectivity index is 1.53. The molecule has 0 aliphatic heterocycles. The maximum absolute atomic E-state index is 12.3. The van der Waals surface area contributed by atoms with Crippen molar-refractivity contribution < 1.29 is 8.81 Å². The van der Waals surface area contributed by atoms with Crippen molar-refractivity contribution in [3.8, 4) is 11.3 Å². The molecule has 1 aromatic heterocycles. The Kier molecular flexibility index (Phi) is 6.11. The van der Waals surface area contributed by atoms with Crippen LogP contribution < -0.4 is 5.43 Å². The van der Waals surface area contributed by atoms with E-state index in [1.807, 2.05) is 60.5 Å². The molecule has 0 unspecified atom stereocenters. The monoisotopic (exact) mass is 352 g/mol. The van der Waals surface area contributed by atoms with Crippen molar-refractivity contribution in [2.24, 2.45) is 5.10 Å². The van der Waals surface area contributed by atoms with Gasteiger partial charge in [-0.05, 0) is 42.4 Å². The zero-order valence-electron chi connectivity index (χ0n) is 14.6. The molecule has 26 heavy (non-hydrogen) atoms. The van der Waals surface area contributed by atoms with E-state index in [0.717, 1.165) is 34.7 Å². The second kappa shape index (κ2) is 8.92. The molecule has 0 atom stereocenters. The SMILES string of the molecule is CN(CCF)Cc1ccc(/C=N/Nc2ccc(-c3cnco3)cc2)cc1. The Hall–Kier alpha value is -2.99. The molecule has 0 aliphatic rings. The summed E-state index contributed by atoms with van der Waals surface area (Å²) < 4.78 is 17.6. The largest absolute Gasteiger partial charge is 0.444 e. The van der Waals surface area contributed by atoms with Gasteiger partial charge in [0.15, 0.2) is 12.2 Å². The quantitative estimate of drug-likeness (QED) is 0.488. The summed E-state index contributed by atoms with van der Waals surface area (Å²) in [6.45, 7) is 0.853. The third-order valence-corrected chi connectivity index (χ3v) is 3.91. The van der Waals surface area contributed by atoms with E-state index in [4.69, 9.17) is 4.42 Å². The second-order valence-corrected chi connectivity index (χ2v) is 5.98. The molecule has 134 valence electrons. The number of aromatic nitrogens is 1. The molecule has 1 N–H and O–H groups in total. The van der Waals surface area contributed by atoms with Crippen LogP contribution in [0.15, 0.2) is 70.6 Å². The van der Waals surface area contributed by atoms with Crippen molar-refractivity contribution in [2.75, 3.05) is 25.7 Å². The third-order valence-electron chi connectivity index (χ3n) is 3.91. The summed E-state index contributed by atoms with van der Waals surface area (Å²) in [5.74, 6) is 0.734. The predicted octanol–water partition coefficient (Wildman–Crippen LogP) is 4.19. The van der Waals surface area contributed by atoms with E-state index in [1.165, 1.54) is 6.39 Å². The normalized spacial score (nSPS) is 11.3. The first-order valence-corrected chi connectivity index (χ1v) is 8.36. The highest BCUT2D eigenvalue weighted by molar-refractivity contribution is 5.80. The summed E-state index contributed by atoms with van der Waals surface area (Å²) in [5.41, 5.74) is 6.99. The lowest BCUT2D eigenvalue weighted by Crippen LogP contribution is -2.20. The molecule has 5 nitrogen and oxygen atoms in total. The van der Waals surface area contributed by atoms with Crippen molar-refractivity contribution in [1.82, 2.24) is 9.88 Å². The van der Waals surface area contributed by atoms with Crippen LogP contribution in [0.25, 0.3) is 11.3 Å². The highest BCUT2D eigenvalue weighted by Gasteiger charge is 2.01. The molecule has 3 rings (SSSR count). The van der Waals surface area contributed by atoms with Gasteiger partial charge in [0.05, 0.1) is 18.1 Å². The van der Waals surface area contributed by atoms with E-state index in [1.54, 1.807) is 12.4 Å². The number of hydrazone groups is 1. The number of halogens is 1. The summed E-state index contributed by atoms with van der Waals surface area (Å²) in [6.07, 6.45) is 4.86. The standard InChI is InChI=1S/C20H21FN4O/c1-25(11-10-21)14-17-4-2-16(3-5-17)12-23-24-19-8-6-18(7-9-19)20-13-22-15-26-20/h2-9,12-13,15,24H,10-11,14H2,1H3/b23-12+. The van der Waals surface area contributed by atoms with Gasteiger partial charge in [-0.2, -0.15) is 5.10 Å². The van der Waals surface area contributed by atoms with Crippen LogP contribution in [0, 0.1) is 0 Å². The number of nitrogens with one attached hydrogen (secondary N) is 1. The summed E-state index contributed by atoms with van der Waals surface area (Å²) in [4.78, 5) is 5.86. The third kappa shape index (κ3) is 5.00. The number of nitrogens with zero attached hydrogens (tertiary/aromatic N) is 3. The zero-order chi connectivity index (χ0) is 18.2. The molecule has 1 heterocycles. The van der Waals surface area contributed by atoms with E-state index in [9.17, 15) is 4.39 Å². The molecule has 0 amide bonds. The van der Waals surface area contributed by atoms with Crippen LogP contribution in [0.1, 0.15) is 11.1 Å². The molecule has 0 saturated carbocycles. The van der Waals surface area contributed by atoms with Crippen molar-refractivity contribution >= 4 is 11.9 Å². The minimum Gasteiger partial charge on any atom is -0.444 e. The molecular weight excluding hydrogens is 331 g/mol. The minimum atomic E-state index is -0.327. The fourth-order valence-corrected chi connectivity index (χ4v) is 2.49. The van der Waals surface area contributed by atoms with Gasteiger partial charge in [-0.3, -0.25) is 10.3 Å². The van der Waals surface area contributed by atoms with Crippen LogP contribution in [0.4, 0.5) is 10.1 Å². The van der Waals surface area contributed by atoms with Gasteiger partial charge < -0.3 is 4.42 Å². The van der Waals surface area contributed by atoms with E-state index in [-0.39, 0.29) is 6.67 Å². The van der Waals surface area contributed by atoms with E-state index >= 15 is 0 Å². The molecule has 0 spiro atoms. The Morgan fingerprint density at radius 2 is 1.92 bits per heavy atom. The average Bonchev–Trinajstić information content (AvgIpc) is 3.19. The molecule has 2 aromatic carbocycles. The smallest absolute Gasteiger partial charge is 0.181 e. The van der Waals surface area contributed by atoms with Crippen LogP contribution in [0.5, 0.6) is 0 Å². The van der Waals surface area contributed by atoms with Crippen LogP contribution in [0.3, 0.4) is 0 Å². The molecule has 0 radical (unpaired) electrons. The van der Waals surface area contributed by atoms with E-state index < -0.39 is 0 Å². The van der Waals surface area contributed by atoms with Gasteiger partial charge in [-0.25, -0.2) is 9.37 Å². The first-order chi connectivity index (χ1) is 12.7. The van der Waals surface area contributed by atoms with Crippen LogP contribution in [-0.4, -0.2) is 36.4 Å². The minimum absolute atomic E-state index is 0.327. The number of benzene rings is 2. The van der Waals surface area contributed by atoms with Crippen molar-refractivity contribution in [3.63, 3.8) is 0 Å². The van der Waals surface area contributed by atoms with Crippen LogP contribution in [0.2, 0.25) is 0 Å². The Morgan fingerprint density at radius 1 is 1.15 bits per heavy atom. The molecule has 3 aromatic rings. The summed E-state index contributed by atoms with van der Waals surface area (Å²) in [7, 11) is 1.91. The first kappa shape index (κ1) is 17.8. The molecule has 0 saturated heterocycles. The molecule has 0 bridgehead atoms. The summed E-state index contributed by atoms with van der Waals surface area (Å²) in [5, 5.41) is 4.25. The van der Waals surface area contributed by atoms with Gasteiger partial charge in [0.25, 0.3) is 0 Å². The maximum atomic E-state index is 12.3. The van der Waals surface area contributed by atoms with Crippen molar-refractivity contribution in [2.45, 2.75) is 6.54 Å². The number of rotatable bonds is 8. The van der Waals surface area contributed by atoms with E-state index in [0.29, 0.717) is 6.54 Å². The highest BCUT2D eigenvalue weighted by Crippen LogP contribution is 2.20. The first-order valence-electron chi connectivity index (χ1n) is 8.36. The fourth-order valence-electron chi connectivity index (χ4n) is 2.49. The number of alkyl halides is 1. The molecule has 0 aliphatic carbocycles. The van der Waals surface area contributed by atoms with Gasteiger partial charge in [-0.1, -0.05) is 24.3 Å².